The minimum absolute atomic E-state index is 0.0371. The van der Waals surface area contributed by atoms with Gasteiger partial charge in [-0.3, -0.25) is 9.69 Å². The lowest BCUT2D eigenvalue weighted by molar-refractivity contribution is -0.162. The maximum absolute atomic E-state index is 12.1. The molecule has 6 nitrogen and oxygen atoms in total. The fourth-order valence-electron chi connectivity index (χ4n) is 1.91. The Balaban J connectivity index is 2.47. The van der Waals surface area contributed by atoms with Crippen LogP contribution in [0.5, 0.6) is 0 Å². The van der Waals surface area contributed by atoms with Crippen LogP contribution < -0.4 is 5.73 Å². The summed E-state index contributed by atoms with van der Waals surface area (Å²) in [5.74, 6) is -0.876. The Morgan fingerprint density at radius 3 is 2.32 bits per heavy atom. The molecule has 110 valence electrons. The first-order valence-electron chi connectivity index (χ1n) is 5.80. The van der Waals surface area contributed by atoms with Crippen LogP contribution in [0, 0.1) is 0 Å². The Bertz CT molecular complexity index is 351. The molecular weight excluding hydrogens is 265 g/mol. The van der Waals surface area contributed by atoms with Crippen molar-refractivity contribution in [1.82, 2.24) is 9.80 Å². The van der Waals surface area contributed by atoms with Gasteiger partial charge in [0.25, 0.3) is 0 Å². The highest BCUT2D eigenvalue weighted by atomic mass is 19.4. The highest BCUT2D eigenvalue weighted by Crippen LogP contribution is 2.21. The van der Waals surface area contributed by atoms with Gasteiger partial charge in [-0.25, -0.2) is 0 Å². The van der Waals surface area contributed by atoms with Crippen molar-refractivity contribution in [2.24, 2.45) is 10.9 Å². The van der Waals surface area contributed by atoms with Gasteiger partial charge in [-0.1, -0.05) is 5.16 Å². The van der Waals surface area contributed by atoms with Crippen LogP contribution in [-0.4, -0.2) is 65.1 Å². The quantitative estimate of drug-likeness (QED) is 0.336. The molecule has 3 N–H and O–H groups in total. The van der Waals surface area contributed by atoms with Crippen LogP contribution in [0.15, 0.2) is 5.16 Å². The highest BCUT2D eigenvalue weighted by molar-refractivity contribution is 5.84. The van der Waals surface area contributed by atoms with Crippen LogP contribution in [0.4, 0.5) is 13.2 Å². The average molecular weight is 282 g/mol. The second-order valence-corrected chi connectivity index (χ2v) is 4.41. The topological polar surface area (TPSA) is 82.2 Å². The van der Waals surface area contributed by atoms with Crippen LogP contribution >= 0.6 is 0 Å². The third-order valence-corrected chi connectivity index (χ3v) is 3.11. The molecule has 0 saturated carbocycles. The van der Waals surface area contributed by atoms with E-state index >= 15 is 0 Å². The van der Waals surface area contributed by atoms with E-state index in [1.54, 1.807) is 6.92 Å². The zero-order chi connectivity index (χ0) is 14.6. The molecular formula is C10H17F3N4O2. The number of amidine groups is 1. The van der Waals surface area contributed by atoms with E-state index in [2.05, 4.69) is 5.16 Å². The molecule has 1 fully saturated rings. The summed E-state index contributed by atoms with van der Waals surface area (Å²) in [6.07, 6.45) is -5.90. The highest BCUT2D eigenvalue weighted by Gasteiger charge is 2.35. The van der Waals surface area contributed by atoms with Gasteiger partial charge in [0.15, 0.2) is 5.84 Å². The second kappa shape index (κ2) is 6.09. The zero-order valence-corrected chi connectivity index (χ0v) is 10.5. The SMILES string of the molecule is CC(C(N)=NO)N1CCN(C(=O)CC(F)(F)F)CC1. The van der Waals surface area contributed by atoms with E-state index in [4.69, 9.17) is 10.9 Å². The molecule has 1 unspecified atom stereocenters. The summed E-state index contributed by atoms with van der Waals surface area (Å²) in [7, 11) is 0. The van der Waals surface area contributed by atoms with Crippen molar-refractivity contribution in [3.63, 3.8) is 0 Å². The van der Waals surface area contributed by atoms with Crippen LogP contribution in [0.2, 0.25) is 0 Å². The monoisotopic (exact) mass is 282 g/mol. The molecule has 1 aliphatic rings. The van der Waals surface area contributed by atoms with Gasteiger partial charge in [0.05, 0.1) is 6.04 Å². The predicted octanol–water partition coefficient (Wildman–Crippen LogP) is 0.218. The number of amides is 1. The molecule has 0 aliphatic carbocycles. The molecule has 0 spiro atoms. The molecule has 1 heterocycles. The molecule has 1 amide bonds. The molecule has 1 atom stereocenters. The van der Waals surface area contributed by atoms with Crippen LogP contribution in [-0.2, 0) is 4.79 Å². The smallest absolute Gasteiger partial charge is 0.397 e. The predicted molar refractivity (Wildman–Crippen MR) is 61.7 cm³/mol. The first kappa shape index (κ1) is 15.5. The van der Waals surface area contributed by atoms with Gasteiger partial charge in [0, 0.05) is 26.2 Å². The van der Waals surface area contributed by atoms with E-state index in [0.29, 0.717) is 13.1 Å². The first-order chi connectivity index (χ1) is 8.74. The third kappa shape index (κ3) is 4.58. The summed E-state index contributed by atoms with van der Waals surface area (Å²) in [6, 6.07) is -0.315. The average Bonchev–Trinajstić information content (AvgIpc) is 2.35. The number of carbonyl (C=O) groups excluding carboxylic acids is 1. The van der Waals surface area contributed by atoms with Crippen LogP contribution in [0.1, 0.15) is 13.3 Å². The van der Waals surface area contributed by atoms with Gasteiger partial charge in [-0.2, -0.15) is 13.2 Å². The van der Waals surface area contributed by atoms with E-state index in [1.165, 1.54) is 4.90 Å². The summed E-state index contributed by atoms with van der Waals surface area (Å²) in [6.45, 7) is 2.92. The van der Waals surface area contributed by atoms with Crippen molar-refractivity contribution >= 4 is 11.7 Å². The third-order valence-electron chi connectivity index (χ3n) is 3.11. The number of rotatable bonds is 3. The number of alkyl halides is 3. The van der Waals surface area contributed by atoms with Gasteiger partial charge in [-0.05, 0) is 6.92 Å². The molecule has 0 aromatic carbocycles. The number of nitrogens with two attached hydrogens (primary N) is 1. The normalized spacial score (nSPS) is 20.4. The molecule has 0 radical (unpaired) electrons. The standard InChI is InChI=1S/C10H17F3N4O2/c1-7(9(14)15-19)16-2-4-17(5-3-16)8(18)6-10(11,12)13/h7,19H,2-6H2,1H3,(H2,14,15). The lowest BCUT2D eigenvalue weighted by atomic mass is 10.2. The summed E-state index contributed by atoms with van der Waals surface area (Å²) < 4.78 is 36.3. The maximum Gasteiger partial charge on any atom is 0.397 e. The molecule has 0 aromatic rings. The zero-order valence-electron chi connectivity index (χ0n) is 10.5. The number of hydrogen-bond donors (Lipinski definition) is 2. The van der Waals surface area contributed by atoms with Gasteiger partial charge >= 0.3 is 6.18 Å². The molecule has 19 heavy (non-hydrogen) atoms. The number of hydrogen-bond acceptors (Lipinski definition) is 4. The molecule has 1 rings (SSSR count). The Hall–Kier alpha value is -1.51. The number of piperazine rings is 1. The molecule has 0 aromatic heterocycles. The van der Waals surface area contributed by atoms with E-state index < -0.39 is 18.5 Å². The van der Waals surface area contributed by atoms with E-state index in [1.807, 2.05) is 4.90 Å². The Labute approximate surface area is 108 Å². The van der Waals surface area contributed by atoms with E-state index in [-0.39, 0.29) is 25.0 Å². The van der Waals surface area contributed by atoms with Crippen molar-refractivity contribution < 1.29 is 23.2 Å². The lowest BCUT2D eigenvalue weighted by Gasteiger charge is -2.37. The van der Waals surface area contributed by atoms with E-state index in [9.17, 15) is 18.0 Å². The van der Waals surface area contributed by atoms with Crippen molar-refractivity contribution in [3.05, 3.63) is 0 Å². The van der Waals surface area contributed by atoms with E-state index in [0.717, 1.165) is 0 Å². The van der Waals surface area contributed by atoms with Gasteiger partial charge < -0.3 is 15.8 Å². The van der Waals surface area contributed by atoms with Crippen molar-refractivity contribution in [1.29, 1.82) is 0 Å². The summed E-state index contributed by atoms with van der Waals surface area (Å²) in [5, 5.41) is 11.4. The first-order valence-corrected chi connectivity index (χ1v) is 5.80. The minimum Gasteiger partial charge on any atom is -0.409 e. The van der Waals surface area contributed by atoms with Crippen LogP contribution in [0.25, 0.3) is 0 Å². The van der Waals surface area contributed by atoms with Gasteiger partial charge in [-0.15, -0.1) is 0 Å². The van der Waals surface area contributed by atoms with Crippen molar-refractivity contribution in [2.45, 2.75) is 25.6 Å². The second-order valence-electron chi connectivity index (χ2n) is 4.41. The number of halogens is 3. The van der Waals surface area contributed by atoms with Crippen molar-refractivity contribution in [3.8, 4) is 0 Å². The molecule has 1 saturated heterocycles. The fourth-order valence-corrected chi connectivity index (χ4v) is 1.91. The van der Waals surface area contributed by atoms with Gasteiger partial charge in [0.2, 0.25) is 5.91 Å². The number of oxime groups is 1. The summed E-state index contributed by atoms with van der Waals surface area (Å²) >= 11 is 0. The largest absolute Gasteiger partial charge is 0.409 e. The number of carbonyl (C=O) groups is 1. The lowest BCUT2D eigenvalue weighted by Crippen LogP contribution is -2.54. The Morgan fingerprint density at radius 2 is 1.89 bits per heavy atom. The van der Waals surface area contributed by atoms with Crippen molar-refractivity contribution in [2.75, 3.05) is 26.2 Å². The fraction of sp³-hybridized carbons (Fsp3) is 0.800. The Morgan fingerprint density at radius 1 is 1.37 bits per heavy atom. The summed E-state index contributed by atoms with van der Waals surface area (Å²) in [4.78, 5) is 14.4. The number of nitrogens with zero attached hydrogens (tertiary/aromatic N) is 3. The summed E-state index contributed by atoms with van der Waals surface area (Å²) in [5.41, 5.74) is 5.45. The molecule has 9 heteroatoms. The Kier molecular flexibility index (Phi) is 4.98. The maximum atomic E-state index is 12.1. The molecule has 0 bridgehead atoms. The minimum atomic E-state index is -4.48. The molecule has 1 aliphatic heterocycles. The van der Waals surface area contributed by atoms with Crippen LogP contribution in [0.3, 0.4) is 0 Å². The van der Waals surface area contributed by atoms with Gasteiger partial charge in [0.1, 0.15) is 6.42 Å².